The molecule has 0 fully saturated rings. The lowest BCUT2D eigenvalue weighted by molar-refractivity contribution is 0.629. The molecule has 2 rings (SSSR count). The molecular weight excluding hydrogens is 181 g/mol. The van der Waals surface area contributed by atoms with Crippen molar-refractivity contribution in [3.63, 3.8) is 0 Å². The number of aryl methyl sites for hydroxylation is 1. The van der Waals surface area contributed by atoms with Crippen LogP contribution in [0.2, 0.25) is 0 Å². The molecule has 0 bridgehead atoms. The van der Waals surface area contributed by atoms with Gasteiger partial charge in [-0.2, -0.15) is 5.26 Å². The summed E-state index contributed by atoms with van der Waals surface area (Å²) in [6.45, 7) is 1.83. The van der Waals surface area contributed by atoms with Gasteiger partial charge in [0, 0.05) is 11.9 Å². The Morgan fingerprint density at radius 3 is 3.07 bits per heavy atom. The van der Waals surface area contributed by atoms with Gasteiger partial charge in [0.05, 0.1) is 18.2 Å². The molecule has 2 heterocycles. The monoisotopic (exact) mass is 189 g/mol. The standard InChI is InChI=1S/C10H8FN3/c1-7-9(4-5-12)13-10-8(11)3-2-6-14(7)10/h2-3,6H,4H2,1H3. The molecule has 0 N–H and O–H groups in total. The van der Waals surface area contributed by atoms with Crippen LogP contribution in [-0.2, 0) is 6.42 Å². The van der Waals surface area contributed by atoms with Crippen molar-refractivity contribution in [3.05, 3.63) is 35.5 Å². The van der Waals surface area contributed by atoms with E-state index in [4.69, 9.17) is 5.26 Å². The van der Waals surface area contributed by atoms with Crippen LogP contribution in [0.5, 0.6) is 0 Å². The number of fused-ring (bicyclic) bond motifs is 1. The molecule has 0 radical (unpaired) electrons. The second kappa shape index (κ2) is 3.11. The Morgan fingerprint density at radius 2 is 2.43 bits per heavy atom. The molecule has 0 aliphatic rings. The fourth-order valence-corrected chi connectivity index (χ4v) is 1.44. The topological polar surface area (TPSA) is 41.1 Å². The second-order valence-electron chi connectivity index (χ2n) is 3.03. The van der Waals surface area contributed by atoms with E-state index in [2.05, 4.69) is 4.98 Å². The Hall–Kier alpha value is -1.89. The maximum Gasteiger partial charge on any atom is 0.173 e. The predicted molar refractivity (Wildman–Crippen MR) is 49.2 cm³/mol. The summed E-state index contributed by atoms with van der Waals surface area (Å²) < 4.78 is 14.9. The van der Waals surface area contributed by atoms with Gasteiger partial charge >= 0.3 is 0 Å². The first-order chi connectivity index (χ1) is 6.74. The summed E-state index contributed by atoms with van der Waals surface area (Å²) in [6.07, 6.45) is 1.95. The number of hydrogen-bond acceptors (Lipinski definition) is 2. The Balaban J connectivity index is 2.74. The number of halogens is 1. The molecule has 14 heavy (non-hydrogen) atoms. The van der Waals surface area contributed by atoms with Gasteiger partial charge < -0.3 is 4.40 Å². The van der Waals surface area contributed by atoms with E-state index in [1.807, 2.05) is 13.0 Å². The lowest BCUT2D eigenvalue weighted by Crippen LogP contribution is -1.89. The molecule has 0 saturated heterocycles. The van der Waals surface area contributed by atoms with E-state index in [1.165, 1.54) is 6.07 Å². The normalized spacial score (nSPS) is 10.4. The number of imidazole rings is 1. The summed E-state index contributed by atoms with van der Waals surface area (Å²) in [5, 5.41) is 8.55. The first-order valence-electron chi connectivity index (χ1n) is 4.23. The van der Waals surface area contributed by atoms with E-state index < -0.39 is 0 Å². The van der Waals surface area contributed by atoms with Crippen molar-refractivity contribution in [1.29, 1.82) is 5.26 Å². The van der Waals surface area contributed by atoms with Crippen LogP contribution in [-0.4, -0.2) is 9.38 Å². The van der Waals surface area contributed by atoms with E-state index in [9.17, 15) is 4.39 Å². The zero-order chi connectivity index (χ0) is 10.1. The maximum atomic E-state index is 13.3. The summed E-state index contributed by atoms with van der Waals surface area (Å²) >= 11 is 0. The van der Waals surface area contributed by atoms with E-state index in [1.54, 1.807) is 16.7 Å². The van der Waals surface area contributed by atoms with Crippen LogP contribution in [0.25, 0.3) is 5.65 Å². The summed E-state index contributed by atoms with van der Waals surface area (Å²) in [7, 11) is 0. The summed E-state index contributed by atoms with van der Waals surface area (Å²) in [5.41, 5.74) is 1.74. The maximum absolute atomic E-state index is 13.3. The van der Waals surface area contributed by atoms with Crippen molar-refractivity contribution in [2.45, 2.75) is 13.3 Å². The van der Waals surface area contributed by atoms with Crippen LogP contribution in [0.15, 0.2) is 18.3 Å². The predicted octanol–water partition coefficient (Wildman–Crippen LogP) is 1.85. The number of aromatic nitrogens is 2. The molecule has 70 valence electrons. The highest BCUT2D eigenvalue weighted by molar-refractivity contribution is 5.44. The van der Waals surface area contributed by atoms with Crippen molar-refractivity contribution >= 4 is 5.65 Å². The van der Waals surface area contributed by atoms with Crippen LogP contribution in [0.3, 0.4) is 0 Å². The van der Waals surface area contributed by atoms with Gasteiger partial charge in [-0.3, -0.25) is 0 Å². The number of nitrogens with zero attached hydrogens (tertiary/aromatic N) is 3. The minimum atomic E-state index is -0.361. The third kappa shape index (κ3) is 1.14. The van der Waals surface area contributed by atoms with Gasteiger partial charge in [0.15, 0.2) is 11.5 Å². The molecule has 0 aliphatic heterocycles. The van der Waals surface area contributed by atoms with E-state index in [-0.39, 0.29) is 17.9 Å². The quantitative estimate of drug-likeness (QED) is 0.686. The van der Waals surface area contributed by atoms with Gasteiger partial charge in [-0.05, 0) is 19.1 Å². The molecular formula is C10H8FN3. The van der Waals surface area contributed by atoms with Gasteiger partial charge in [0.2, 0.25) is 0 Å². The molecule has 0 spiro atoms. The Labute approximate surface area is 80.4 Å². The van der Waals surface area contributed by atoms with Crippen LogP contribution in [0.1, 0.15) is 11.4 Å². The molecule has 3 nitrogen and oxygen atoms in total. The zero-order valence-corrected chi connectivity index (χ0v) is 7.66. The molecule has 0 aromatic carbocycles. The summed E-state index contributed by atoms with van der Waals surface area (Å²) in [6, 6.07) is 4.98. The molecule has 0 unspecified atom stereocenters. The lowest BCUT2D eigenvalue weighted by Gasteiger charge is -1.95. The van der Waals surface area contributed by atoms with E-state index >= 15 is 0 Å². The largest absolute Gasteiger partial charge is 0.302 e. The van der Waals surface area contributed by atoms with Crippen molar-refractivity contribution in [2.75, 3.05) is 0 Å². The molecule has 2 aromatic heterocycles. The number of hydrogen-bond donors (Lipinski definition) is 0. The van der Waals surface area contributed by atoms with E-state index in [0.717, 1.165) is 5.69 Å². The van der Waals surface area contributed by atoms with Crippen molar-refractivity contribution in [3.8, 4) is 6.07 Å². The van der Waals surface area contributed by atoms with Crippen LogP contribution >= 0.6 is 0 Å². The van der Waals surface area contributed by atoms with E-state index in [0.29, 0.717) is 5.69 Å². The smallest absolute Gasteiger partial charge is 0.173 e. The van der Waals surface area contributed by atoms with Crippen molar-refractivity contribution in [2.24, 2.45) is 0 Å². The second-order valence-corrected chi connectivity index (χ2v) is 3.03. The molecule has 0 saturated carbocycles. The van der Waals surface area contributed by atoms with Crippen LogP contribution in [0.4, 0.5) is 4.39 Å². The SMILES string of the molecule is Cc1c(CC#N)nc2c(F)cccn12. The first-order valence-corrected chi connectivity index (χ1v) is 4.23. The summed E-state index contributed by atoms with van der Waals surface area (Å²) in [5.74, 6) is -0.361. The molecule has 0 aliphatic carbocycles. The van der Waals surface area contributed by atoms with Crippen LogP contribution in [0, 0.1) is 24.1 Å². The van der Waals surface area contributed by atoms with Gasteiger partial charge in [-0.1, -0.05) is 0 Å². The fourth-order valence-electron chi connectivity index (χ4n) is 1.44. The Kier molecular flexibility index (Phi) is 1.93. The van der Waals surface area contributed by atoms with Gasteiger partial charge in [-0.25, -0.2) is 9.37 Å². The number of nitriles is 1. The number of rotatable bonds is 1. The molecule has 0 atom stereocenters. The minimum absolute atomic E-state index is 0.215. The minimum Gasteiger partial charge on any atom is -0.302 e. The Bertz CT molecular complexity index is 522. The first kappa shape index (κ1) is 8.70. The van der Waals surface area contributed by atoms with Crippen LogP contribution < -0.4 is 0 Å². The average molecular weight is 189 g/mol. The van der Waals surface area contributed by atoms with Gasteiger partial charge in [0.1, 0.15) is 0 Å². The zero-order valence-electron chi connectivity index (χ0n) is 7.66. The highest BCUT2D eigenvalue weighted by Gasteiger charge is 2.10. The molecule has 0 amide bonds. The molecule has 2 aromatic rings. The average Bonchev–Trinajstić information content (AvgIpc) is 2.48. The van der Waals surface area contributed by atoms with Gasteiger partial charge in [0.25, 0.3) is 0 Å². The lowest BCUT2D eigenvalue weighted by atomic mass is 10.3. The third-order valence-corrected chi connectivity index (χ3v) is 2.19. The summed E-state index contributed by atoms with van der Waals surface area (Å²) in [4.78, 5) is 4.07. The third-order valence-electron chi connectivity index (χ3n) is 2.19. The van der Waals surface area contributed by atoms with Gasteiger partial charge in [-0.15, -0.1) is 0 Å². The number of pyridine rings is 1. The Morgan fingerprint density at radius 1 is 1.64 bits per heavy atom. The fraction of sp³-hybridized carbons (Fsp3) is 0.200. The van der Waals surface area contributed by atoms with Crippen molar-refractivity contribution in [1.82, 2.24) is 9.38 Å². The molecule has 4 heteroatoms. The highest BCUT2D eigenvalue weighted by Crippen LogP contribution is 2.14. The highest BCUT2D eigenvalue weighted by atomic mass is 19.1. The van der Waals surface area contributed by atoms with Crippen molar-refractivity contribution < 1.29 is 4.39 Å².